The van der Waals surface area contributed by atoms with Crippen molar-refractivity contribution in [3.63, 3.8) is 0 Å². The van der Waals surface area contributed by atoms with Crippen LogP contribution in [0.4, 0.5) is 5.69 Å². The summed E-state index contributed by atoms with van der Waals surface area (Å²) < 4.78 is 6.25. The summed E-state index contributed by atoms with van der Waals surface area (Å²) in [7, 11) is 2.08. The number of aryl methyl sites for hydroxylation is 1. The van der Waals surface area contributed by atoms with E-state index >= 15 is 0 Å². The van der Waals surface area contributed by atoms with Crippen molar-refractivity contribution in [2.75, 3.05) is 18.6 Å². The standard InChI is InChI=1S/C21H18N2O/c1-14-18(23-12-11-22(2)13-23)9-8-17-20-16-6-4-3-5-15(16)7-10-19(20)24-21(14)17/h3-12H,13H2,1-2H3. The maximum absolute atomic E-state index is 6.25. The number of anilines is 1. The Labute approximate surface area is 140 Å². The van der Waals surface area contributed by atoms with Crippen LogP contribution in [0.1, 0.15) is 5.56 Å². The third-order valence-electron chi connectivity index (χ3n) is 4.94. The number of furan rings is 1. The molecule has 0 unspecified atom stereocenters. The zero-order chi connectivity index (χ0) is 16.3. The van der Waals surface area contributed by atoms with Gasteiger partial charge in [-0.2, -0.15) is 0 Å². The summed E-state index contributed by atoms with van der Waals surface area (Å²) >= 11 is 0. The van der Waals surface area contributed by atoms with Gasteiger partial charge in [0.05, 0.1) is 6.67 Å². The van der Waals surface area contributed by atoms with Crippen LogP contribution in [0.25, 0.3) is 32.7 Å². The Bertz CT molecular complexity index is 1120. The zero-order valence-electron chi connectivity index (χ0n) is 13.8. The fraction of sp³-hybridized carbons (Fsp3) is 0.143. The Balaban J connectivity index is 1.82. The molecule has 1 aliphatic heterocycles. The molecule has 24 heavy (non-hydrogen) atoms. The van der Waals surface area contributed by atoms with Gasteiger partial charge in [-0.05, 0) is 35.9 Å². The lowest BCUT2D eigenvalue weighted by atomic mass is 10.0. The number of hydrogen-bond donors (Lipinski definition) is 0. The van der Waals surface area contributed by atoms with Crippen LogP contribution >= 0.6 is 0 Å². The van der Waals surface area contributed by atoms with Crippen LogP contribution in [0.3, 0.4) is 0 Å². The molecule has 118 valence electrons. The maximum atomic E-state index is 6.25. The number of nitrogens with zero attached hydrogens (tertiary/aromatic N) is 2. The molecule has 0 spiro atoms. The Hall–Kier alpha value is -2.94. The summed E-state index contributed by atoms with van der Waals surface area (Å²) in [5, 5.41) is 4.91. The van der Waals surface area contributed by atoms with E-state index < -0.39 is 0 Å². The molecule has 3 heteroatoms. The Morgan fingerprint density at radius 2 is 1.79 bits per heavy atom. The van der Waals surface area contributed by atoms with E-state index in [2.05, 4.69) is 84.7 Å². The second-order valence-electron chi connectivity index (χ2n) is 6.51. The molecule has 0 atom stereocenters. The maximum Gasteiger partial charge on any atom is 0.140 e. The predicted molar refractivity (Wildman–Crippen MR) is 100 cm³/mol. The van der Waals surface area contributed by atoms with Gasteiger partial charge in [-0.1, -0.05) is 30.3 Å². The zero-order valence-corrected chi connectivity index (χ0v) is 13.8. The minimum absolute atomic E-state index is 0.871. The van der Waals surface area contributed by atoms with Gasteiger partial charge in [0.25, 0.3) is 0 Å². The van der Waals surface area contributed by atoms with Gasteiger partial charge in [-0.15, -0.1) is 0 Å². The third kappa shape index (κ3) is 1.78. The van der Waals surface area contributed by atoms with Gasteiger partial charge < -0.3 is 14.2 Å². The summed E-state index contributed by atoms with van der Waals surface area (Å²) in [5.41, 5.74) is 4.33. The van der Waals surface area contributed by atoms with E-state index in [0.717, 1.165) is 17.8 Å². The van der Waals surface area contributed by atoms with E-state index in [1.165, 1.54) is 32.8 Å². The van der Waals surface area contributed by atoms with Gasteiger partial charge in [0.2, 0.25) is 0 Å². The first-order valence-corrected chi connectivity index (χ1v) is 8.21. The van der Waals surface area contributed by atoms with Gasteiger partial charge in [0.15, 0.2) is 0 Å². The molecule has 0 radical (unpaired) electrons. The van der Waals surface area contributed by atoms with E-state index in [1.807, 2.05) is 0 Å². The molecule has 1 aliphatic rings. The van der Waals surface area contributed by atoms with E-state index in [9.17, 15) is 0 Å². The molecule has 5 rings (SSSR count). The van der Waals surface area contributed by atoms with Crippen molar-refractivity contribution in [3.8, 4) is 0 Å². The van der Waals surface area contributed by atoms with Gasteiger partial charge >= 0.3 is 0 Å². The molecule has 0 aliphatic carbocycles. The largest absolute Gasteiger partial charge is 0.456 e. The topological polar surface area (TPSA) is 19.6 Å². The molecule has 0 saturated heterocycles. The predicted octanol–water partition coefficient (Wildman–Crippen LogP) is 5.23. The lowest BCUT2D eigenvalue weighted by Gasteiger charge is -2.20. The average molecular weight is 314 g/mol. The van der Waals surface area contributed by atoms with Crippen molar-refractivity contribution in [1.29, 1.82) is 0 Å². The summed E-state index contributed by atoms with van der Waals surface area (Å²) in [6.07, 6.45) is 4.21. The Kier molecular flexibility index (Phi) is 2.69. The number of hydrogen-bond acceptors (Lipinski definition) is 3. The normalized spacial score (nSPS) is 14.6. The lowest BCUT2D eigenvalue weighted by Crippen LogP contribution is -2.22. The summed E-state index contributed by atoms with van der Waals surface area (Å²) in [6.45, 7) is 3.02. The molecule has 0 fully saturated rings. The molecule has 1 aromatic heterocycles. The highest BCUT2D eigenvalue weighted by molar-refractivity contribution is 6.19. The first-order chi connectivity index (χ1) is 11.7. The summed E-state index contributed by atoms with van der Waals surface area (Å²) in [5.74, 6) is 0. The van der Waals surface area contributed by atoms with Gasteiger partial charge in [-0.25, -0.2) is 0 Å². The molecule has 0 amide bonds. The van der Waals surface area contributed by atoms with Gasteiger partial charge in [0.1, 0.15) is 11.2 Å². The van der Waals surface area contributed by atoms with E-state index in [1.54, 1.807) is 0 Å². The summed E-state index contributed by atoms with van der Waals surface area (Å²) in [4.78, 5) is 4.41. The van der Waals surface area contributed by atoms with E-state index in [0.29, 0.717) is 0 Å². The molecule has 3 nitrogen and oxygen atoms in total. The minimum atomic E-state index is 0.871. The van der Waals surface area contributed by atoms with Crippen molar-refractivity contribution in [2.24, 2.45) is 0 Å². The lowest BCUT2D eigenvalue weighted by molar-refractivity contribution is 0.495. The van der Waals surface area contributed by atoms with Crippen molar-refractivity contribution < 1.29 is 4.42 Å². The number of rotatable bonds is 1. The molecule has 0 saturated carbocycles. The highest BCUT2D eigenvalue weighted by Gasteiger charge is 2.18. The molecular weight excluding hydrogens is 296 g/mol. The van der Waals surface area contributed by atoms with Crippen LogP contribution in [0.2, 0.25) is 0 Å². The Morgan fingerprint density at radius 3 is 2.62 bits per heavy atom. The second kappa shape index (κ2) is 4.78. The monoisotopic (exact) mass is 314 g/mol. The van der Waals surface area contributed by atoms with Crippen LogP contribution in [-0.2, 0) is 0 Å². The quantitative estimate of drug-likeness (QED) is 0.480. The van der Waals surface area contributed by atoms with E-state index in [4.69, 9.17) is 4.42 Å². The van der Waals surface area contributed by atoms with Gasteiger partial charge in [-0.3, -0.25) is 0 Å². The summed E-state index contributed by atoms with van der Waals surface area (Å²) in [6, 6.07) is 17.1. The van der Waals surface area contributed by atoms with Crippen LogP contribution in [0.15, 0.2) is 65.3 Å². The smallest absolute Gasteiger partial charge is 0.140 e. The fourth-order valence-corrected chi connectivity index (χ4v) is 3.73. The van der Waals surface area contributed by atoms with Crippen molar-refractivity contribution in [1.82, 2.24) is 4.90 Å². The fourth-order valence-electron chi connectivity index (χ4n) is 3.73. The molecule has 2 heterocycles. The molecule has 0 N–H and O–H groups in total. The van der Waals surface area contributed by atoms with Gasteiger partial charge in [0, 0.05) is 41.5 Å². The van der Waals surface area contributed by atoms with E-state index in [-0.39, 0.29) is 0 Å². The number of fused-ring (bicyclic) bond motifs is 5. The van der Waals surface area contributed by atoms with Crippen LogP contribution in [0, 0.1) is 6.92 Å². The SMILES string of the molecule is Cc1c(N2C=CN(C)C2)ccc2c1oc1ccc3ccccc3c12. The Morgan fingerprint density at radius 1 is 0.917 bits per heavy atom. The van der Waals surface area contributed by atoms with Crippen molar-refractivity contribution in [3.05, 3.63) is 66.5 Å². The van der Waals surface area contributed by atoms with Crippen LogP contribution in [-0.4, -0.2) is 18.6 Å². The molecule has 0 bridgehead atoms. The number of benzene rings is 3. The third-order valence-corrected chi connectivity index (χ3v) is 4.94. The molecule has 3 aromatic carbocycles. The first kappa shape index (κ1) is 13.5. The van der Waals surface area contributed by atoms with Crippen LogP contribution in [0.5, 0.6) is 0 Å². The highest BCUT2D eigenvalue weighted by Crippen LogP contribution is 2.39. The minimum Gasteiger partial charge on any atom is -0.456 e. The average Bonchev–Trinajstić information content (AvgIpc) is 3.19. The second-order valence-corrected chi connectivity index (χ2v) is 6.51. The van der Waals surface area contributed by atoms with Crippen molar-refractivity contribution in [2.45, 2.75) is 6.92 Å². The molecule has 4 aromatic rings. The van der Waals surface area contributed by atoms with Crippen LogP contribution < -0.4 is 4.90 Å². The highest BCUT2D eigenvalue weighted by atomic mass is 16.3. The van der Waals surface area contributed by atoms with Crippen molar-refractivity contribution >= 4 is 38.4 Å². The first-order valence-electron chi connectivity index (χ1n) is 8.21. The molecular formula is C21H18N2O.